The van der Waals surface area contributed by atoms with Crippen LogP contribution in [0.5, 0.6) is 0 Å². The molecule has 1 aromatic carbocycles. The predicted molar refractivity (Wildman–Crippen MR) is 95.2 cm³/mol. The molecule has 6 nitrogen and oxygen atoms in total. The summed E-state index contributed by atoms with van der Waals surface area (Å²) in [7, 11) is 0. The van der Waals surface area contributed by atoms with Gasteiger partial charge < -0.3 is 5.11 Å². The molecule has 2 heterocycles. The van der Waals surface area contributed by atoms with E-state index in [1.54, 1.807) is 40.6 Å². The molecular weight excluding hydrogens is 335 g/mol. The van der Waals surface area contributed by atoms with Gasteiger partial charge in [0.05, 0.1) is 6.04 Å². The summed E-state index contributed by atoms with van der Waals surface area (Å²) in [5, 5.41) is 12.6. The van der Waals surface area contributed by atoms with Crippen molar-refractivity contribution >= 4 is 11.9 Å². The number of aromatic nitrogens is 2. The number of carboxylic acids is 1. The zero-order valence-electron chi connectivity index (χ0n) is 14.5. The SMILES string of the molecule is CC(C)C1=CC(c2ccc(F)cc2)N(c2ncccn2)N1C=CC(=O)O. The van der Waals surface area contributed by atoms with Gasteiger partial charge >= 0.3 is 5.97 Å². The van der Waals surface area contributed by atoms with E-state index < -0.39 is 5.97 Å². The summed E-state index contributed by atoms with van der Waals surface area (Å²) in [4.78, 5) is 19.7. The van der Waals surface area contributed by atoms with E-state index in [1.165, 1.54) is 18.3 Å². The van der Waals surface area contributed by atoms with Crippen LogP contribution in [0, 0.1) is 11.7 Å². The Balaban J connectivity index is 2.10. The van der Waals surface area contributed by atoms with Crippen molar-refractivity contribution in [2.75, 3.05) is 5.01 Å². The maximum absolute atomic E-state index is 13.3. The second-order valence-electron chi connectivity index (χ2n) is 6.13. The van der Waals surface area contributed by atoms with Gasteiger partial charge in [0.25, 0.3) is 0 Å². The average Bonchev–Trinajstić information content (AvgIpc) is 3.01. The van der Waals surface area contributed by atoms with Gasteiger partial charge in [0.15, 0.2) is 0 Å². The molecule has 7 heteroatoms. The number of anilines is 1. The lowest BCUT2D eigenvalue weighted by atomic mass is 10.0. The molecule has 1 aromatic heterocycles. The lowest BCUT2D eigenvalue weighted by molar-refractivity contribution is -0.131. The molecule has 0 saturated heterocycles. The molecule has 0 amide bonds. The molecule has 26 heavy (non-hydrogen) atoms. The first-order valence-electron chi connectivity index (χ1n) is 8.21. The highest BCUT2D eigenvalue weighted by molar-refractivity contribution is 5.79. The number of carboxylic acid groups (broad SMARTS) is 1. The summed E-state index contributed by atoms with van der Waals surface area (Å²) in [5.41, 5.74) is 1.76. The van der Waals surface area contributed by atoms with Crippen LogP contribution >= 0.6 is 0 Å². The van der Waals surface area contributed by atoms with Crippen LogP contribution in [-0.4, -0.2) is 26.1 Å². The monoisotopic (exact) mass is 354 g/mol. The Morgan fingerprint density at radius 3 is 2.46 bits per heavy atom. The van der Waals surface area contributed by atoms with Gasteiger partial charge in [-0.2, -0.15) is 0 Å². The zero-order valence-corrected chi connectivity index (χ0v) is 14.5. The minimum absolute atomic E-state index is 0.130. The summed E-state index contributed by atoms with van der Waals surface area (Å²) < 4.78 is 13.3. The zero-order chi connectivity index (χ0) is 18.7. The van der Waals surface area contributed by atoms with Crippen molar-refractivity contribution in [3.05, 3.63) is 78.2 Å². The van der Waals surface area contributed by atoms with E-state index in [1.807, 2.05) is 19.9 Å². The topological polar surface area (TPSA) is 69.6 Å². The Kier molecular flexibility index (Phi) is 4.97. The third kappa shape index (κ3) is 3.56. The molecule has 1 unspecified atom stereocenters. The molecule has 0 aliphatic carbocycles. The van der Waals surface area contributed by atoms with Crippen molar-refractivity contribution in [3.8, 4) is 0 Å². The van der Waals surface area contributed by atoms with Gasteiger partial charge in [0.1, 0.15) is 5.82 Å². The number of rotatable bonds is 5. The van der Waals surface area contributed by atoms with E-state index in [9.17, 15) is 9.18 Å². The highest BCUT2D eigenvalue weighted by atomic mass is 19.1. The van der Waals surface area contributed by atoms with Gasteiger partial charge in [-0.05, 0) is 35.8 Å². The van der Waals surface area contributed by atoms with E-state index in [-0.39, 0.29) is 17.8 Å². The fourth-order valence-electron chi connectivity index (χ4n) is 2.84. The van der Waals surface area contributed by atoms with Gasteiger partial charge in [-0.3, -0.25) is 5.01 Å². The third-order valence-electron chi connectivity index (χ3n) is 4.01. The number of hydrogen-bond donors (Lipinski definition) is 1. The number of allylic oxidation sites excluding steroid dienone is 1. The number of carbonyl (C=O) groups is 1. The van der Waals surface area contributed by atoms with Crippen LogP contribution in [0.25, 0.3) is 0 Å². The Hall–Kier alpha value is -3.22. The van der Waals surface area contributed by atoms with Crippen LogP contribution in [0.1, 0.15) is 25.5 Å². The fourth-order valence-corrected chi connectivity index (χ4v) is 2.84. The molecule has 3 rings (SSSR count). The number of hydrazine groups is 1. The van der Waals surface area contributed by atoms with E-state index in [4.69, 9.17) is 5.11 Å². The average molecular weight is 354 g/mol. The first-order chi connectivity index (χ1) is 12.5. The Bertz CT molecular complexity index is 834. The van der Waals surface area contributed by atoms with Crippen LogP contribution in [0.2, 0.25) is 0 Å². The highest BCUT2D eigenvalue weighted by Gasteiger charge is 2.35. The van der Waals surface area contributed by atoms with Crippen LogP contribution in [0.4, 0.5) is 10.3 Å². The summed E-state index contributed by atoms with van der Waals surface area (Å²) in [6.45, 7) is 4.04. The molecule has 1 N–H and O–H groups in total. The van der Waals surface area contributed by atoms with Crippen molar-refractivity contribution in [1.29, 1.82) is 0 Å². The molecule has 0 bridgehead atoms. The van der Waals surface area contributed by atoms with Crippen LogP contribution in [0.15, 0.2) is 66.8 Å². The Morgan fingerprint density at radius 1 is 1.23 bits per heavy atom. The second kappa shape index (κ2) is 7.35. The quantitative estimate of drug-likeness (QED) is 0.829. The summed E-state index contributed by atoms with van der Waals surface area (Å²) in [6.07, 6.45) is 7.81. The van der Waals surface area contributed by atoms with E-state index in [0.717, 1.165) is 17.3 Å². The van der Waals surface area contributed by atoms with Gasteiger partial charge in [-0.25, -0.2) is 24.2 Å². The van der Waals surface area contributed by atoms with Crippen molar-refractivity contribution in [3.63, 3.8) is 0 Å². The largest absolute Gasteiger partial charge is 0.478 e. The van der Waals surface area contributed by atoms with Gasteiger partial charge in [-0.1, -0.05) is 26.0 Å². The smallest absolute Gasteiger partial charge is 0.329 e. The maximum Gasteiger partial charge on any atom is 0.329 e. The molecule has 0 radical (unpaired) electrons. The number of halogens is 1. The van der Waals surface area contributed by atoms with Crippen LogP contribution < -0.4 is 5.01 Å². The second-order valence-corrected chi connectivity index (χ2v) is 6.13. The predicted octanol–water partition coefficient (Wildman–Crippen LogP) is 3.53. The maximum atomic E-state index is 13.3. The number of benzene rings is 1. The molecule has 1 aliphatic heterocycles. The molecule has 0 saturated carbocycles. The molecule has 134 valence electrons. The Morgan fingerprint density at radius 2 is 1.88 bits per heavy atom. The van der Waals surface area contributed by atoms with E-state index in [2.05, 4.69) is 9.97 Å². The van der Waals surface area contributed by atoms with Crippen molar-refractivity contribution in [1.82, 2.24) is 15.0 Å². The molecule has 0 fully saturated rings. The standard InChI is InChI=1S/C19H19FN4O2/c1-13(2)16-12-17(14-4-6-15(20)7-5-14)24(19-21-9-3-10-22-19)23(16)11-8-18(25)26/h3-13,17H,1-2H3,(H,25,26). The minimum atomic E-state index is -1.05. The lowest BCUT2D eigenvalue weighted by Crippen LogP contribution is -2.37. The number of hydrogen-bond acceptors (Lipinski definition) is 5. The van der Waals surface area contributed by atoms with E-state index in [0.29, 0.717) is 5.95 Å². The molecule has 0 spiro atoms. The van der Waals surface area contributed by atoms with Gasteiger partial charge in [0, 0.05) is 30.4 Å². The molecule has 1 aliphatic rings. The molecular formula is C19H19FN4O2. The number of nitrogens with zero attached hydrogens (tertiary/aromatic N) is 4. The normalized spacial score (nSPS) is 17.2. The minimum Gasteiger partial charge on any atom is -0.478 e. The first kappa shape index (κ1) is 17.6. The van der Waals surface area contributed by atoms with Crippen LogP contribution in [-0.2, 0) is 4.79 Å². The summed E-state index contributed by atoms with van der Waals surface area (Å²) in [6, 6.07) is 7.63. The summed E-state index contributed by atoms with van der Waals surface area (Å²) >= 11 is 0. The van der Waals surface area contributed by atoms with E-state index >= 15 is 0 Å². The van der Waals surface area contributed by atoms with Gasteiger partial charge in [-0.15, -0.1) is 0 Å². The van der Waals surface area contributed by atoms with Crippen molar-refractivity contribution in [2.45, 2.75) is 19.9 Å². The third-order valence-corrected chi connectivity index (χ3v) is 4.01. The summed E-state index contributed by atoms with van der Waals surface area (Å²) in [5.74, 6) is -0.814. The number of aliphatic carboxylic acids is 1. The fraction of sp³-hybridized carbons (Fsp3) is 0.211. The van der Waals surface area contributed by atoms with Crippen molar-refractivity contribution < 1.29 is 14.3 Å². The molecule has 1 atom stereocenters. The van der Waals surface area contributed by atoms with Crippen molar-refractivity contribution in [2.24, 2.45) is 5.92 Å². The van der Waals surface area contributed by atoms with Crippen LogP contribution in [0.3, 0.4) is 0 Å². The highest BCUT2D eigenvalue weighted by Crippen LogP contribution is 2.39. The first-order valence-corrected chi connectivity index (χ1v) is 8.21. The molecule has 2 aromatic rings. The Labute approximate surface area is 150 Å². The lowest BCUT2D eigenvalue weighted by Gasteiger charge is -2.34. The van der Waals surface area contributed by atoms with Gasteiger partial charge in [0.2, 0.25) is 5.95 Å².